The smallest absolute Gasteiger partial charge is 0.357 e. The van der Waals surface area contributed by atoms with Gasteiger partial charge in [0.1, 0.15) is 5.82 Å². The third kappa shape index (κ3) is 5.49. The van der Waals surface area contributed by atoms with Gasteiger partial charge in [0.15, 0.2) is 0 Å². The van der Waals surface area contributed by atoms with Crippen molar-refractivity contribution in [1.29, 1.82) is 0 Å². The van der Waals surface area contributed by atoms with Gasteiger partial charge in [0.05, 0.1) is 11.6 Å². The standard InChI is InChI=1S/C22H26F3N3O/c1-2-6-19(16-7-4-3-5-8-16)27-21(29)17-11-13-28(14-12-17)20-10-9-18(15-26-20)22(23,24)25/h3-5,7-10,15,17,19H,2,6,11-14H2,1H3,(H,27,29). The zero-order valence-corrected chi connectivity index (χ0v) is 16.5. The molecule has 1 aliphatic heterocycles. The Morgan fingerprint density at radius 2 is 1.86 bits per heavy atom. The Balaban J connectivity index is 1.56. The average Bonchev–Trinajstić information content (AvgIpc) is 2.73. The first-order valence-corrected chi connectivity index (χ1v) is 10.0. The summed E-state index contributed by atoms with van der Waals surface area (Å²) >= 11 is 0. The fourth-order valence-corrected chi connectivity index (χ4v) is 3.70. The number of alkyl halides is 3. The number of aromatic nitrogens is 1. The van der Waals surface area contributed by atoms with E-state index in [0.717, 1.165) is 30.7 Å². The maximum absolute atomic E-state index is 12.8. The molecule has 2 aromatic rings. The van der Waals surface area contributed by atoms with Crippen LogP contribution in [0.25, 0.3) is 0 Å². The highest BCUT2D eigenvalue weighted by Gasteiger charge is 2.31. The van der Waals surface area contributed by atoms with E-state index in [1.807, 2.05) is 35.2 Å². The number of hydrogen-bond acceptors (Lipinski definition) is 3. The van der Waals surface area contributed by atoms with Crippen LogP contribution in [0.2, 0.25) is 0 Å². The third-order valence-electron chi connectivity index (χ3n) is 5.36. The number of hydrogen-bond donors (Lipinski definition) is 1. The highest BCUT2D eigenvalue weighted by molar-refractivity contribution is 5.79. The van der Waals surface area contributed by atoms with Gasteiger partial charge in [-0.15, -0.1) is 0 Å². The summed E-state index contributed by atoms with van der Waals surface area (Å²) in [5.74, 6) is 0.473. The maximum atomic E-state index is 12.8. The van der Waals surface area contributed by atoms with Crippen LogP contribution in [0.5, 0.6) is 0 Å². The molecule has 1 saturated heterocycles. The van der Waals surface area contributed by atoms with Gasteiger partial charge in [0.25, 0.3) is 0 Å². The van der Waals surface area contributed by atoms with E-state index in [4.69, 9.17) is 0 Å². The van der Waals surface area contributed by atoms with Crippen molar-refractivity contribution in [2.24, 2.45) is 5.92 Å². The normalized spacial score (nSPS) is 16.5. The van der Waals surface area contributed by atoms with E-state index >= 15 is 0 Å². The van der Waals surface area contributed by atoms with Crippen LogP contribution in [-0.4, -0.2) is 24.0 Å². The lowest BCUT2D eigenvalue weighted by atomic mass is 9.94. The highest BCUT2D eigenvalue weighted by atomic mass is 19.4. The monoisotopic (exact) mass is 405 g/mol. The Bertz CT molecular complexity index is 785. The van der Waals surface area contributed by atoms with E-state index in [1.165, 1.54) is 6.07 Å². The molecular formula is C22H26F3N3O. The largest absolute Gasteiger partial charge is 0.417 e. The molecule has 1 unspecified atom stereocenters. The molecule has 1 aliphatic rings. The molecule has 3 rings (SSSR count). The van der Waals surface area contributed by atoms with E-state index in [-0.39, 0.29) is 17.9 Å². The predicted molar refractivity (Wildman–Crippen MR) is 106 cm³/mol. The maximum Gasteiger partial charge on any atom is 0.417 e. The number of rotatable bonds is 6. The van der Waals surface area contributed by atoms with Gasteiger partial charge in [-0.3, -0.25) is 4.79 Å². The zero-order chi connectivity index (χ0) is 20.9. The molecule has 1 atom stereocenters. The fraction of sp³-hybridized carbons (Fsp3) is 0.455. The van der Waals surface area contributed by atoms with Crippen molar-refractivity contribution in [3.8, 4) is 0 Å². The first kappa shape index (κ1) is 21.1. The van der Waals surface area contributed by atoms with Crippen LogP contribution in [0.3, 0.4) is 0 Å². The number of anilines is 1. The molecular weight excluding hydrogens is 379 g/mol. The minimum Gasteiger partial charge on any atom is -0.357 e. The third-order valence-corrected chi connectivity index (χ3v) is 5.36. The van der Waals surface area contributed by atoms with Gasteiger partial charge >= 0.3 is 6.18 Å². The number of nitrogens with one attached hydrogen (secondary N) is 1. The second-order valence-corrected chi connectivity index (χ2v) is 7.42. The summed E-state index contributed by atoms with van der Waals surface area (Å²) in [6.07, 6.45) is -0.361. The van der Waals surface area contributed by atoms with Gasteiger partial charge in [-0.05, 0) is 37.0 Å². The van der Waals surface area contributed by atoms with Crippen molar-refractivity contribution in [3.63, 3.8) is 0 Å². The zero-order valence-electron chi connectivity index (χ0n) is 16.5. The van der Waals surface area contributed by atoms with Crippen molar-refractivity contribution in [2.75, 3.05) is 18.0 Å². The van der Waals surface area contributed by atoms with Gasteiger partial charge in [-0.2, -0.15) is 13.2 Å². The van der Waals surface area contributed by atoms with Crippen LogP contribution in [-0.2, 0) is 11.0 Å². The van der Waals surface area contributed by atoms with Crippen LogP contribution in [0.15, 0.2) is 48.7 Å². The van der Waals surface area contributed by atoms with Gasteiger partial charge < -0.3 is 10.2 Å². The molecule has 1 fully saturated rings. The van der Waals surface area contributed by atoms with Crippen molar-refractivity contribution in [3.05, 3.63) is 59.8 Å². The van der Waals surface area contributed by atoms with Gasteiger partial charge in [0.2, 0.25) is 5.91 Å². The summed E-state index contributed by atoms with van der Waals surface area (Å²) in [5.41, 5.74) is 0.354. The number of carbonyl (C=O) groups is 1. The SMILES string of the molecule is CCCC(NC(=O)C1CCN(c2ccc(C(F)(F)F)cn2)CC1)c1ccccc1. The van der Waals surface area contributed by atoms with Crippen molar-refractivity contribution in [1.82, 2.24) is 10.3 Å². The molecule has 1 N–H and O–H groups in total. The topological polar surface area (TPSA) is 45.2 Å². The molecule has 0 spiro atoms. The Kier molecular flexibility index (Phi) is 6.77. The number of benzene rings is 1. The number of carbonyl (C=O) groups excluding carboxylic acids is 1. The average molecular weight is 405 g/mol. The predicted octanol–water partition coefficient (Wildman–Crippen LogP) is 4.97. The minimum absolute atomic E-state index is 0.00306. The van der Waals surface area contributed by atoms with Gasteiger partial charge in [-0.1, -0.05) is 43.7 Å². The Hall–Kier alpha value is -2.57. The summed E-state index contributed by atoms with van der Waals surface area (Å²) in [6.45, 7) is 3.29. The number of halogens is 3. The Morgan fingerprint density at radius 3 is 2.41 bits per heavy atom. The number of nitrogens with zero attached hydrogens (tertiary/aromatic N) is 2. The lowest BCUT2D eigenvalue weighted by molar-refractivity contribution is -0.137. The van der Waals surface area contributed by atoms with E-state index < -0.39 is 11.7 Å². The summed E-state index contributed by atoms with van der Waals surface area (Å²) < 4.78 is 38.1. The van der Waals surface area contributed by atoms with Crippen LogP contribution < -0.4 is 10.2 Å². The Morgan fingerprint density at radius 1 is 1.17 bits per heavy atom. The second-order valence-electron chi connectivity index (χ2n) is 7.42. The van der Waals surface area contributed by atoms with Crippen LogP contribution in [0.1, 0.15) is 49.8 Å². The lowest BCUT2D eigenvalue weighted by Gasteiger charge is -2.33. The molecule has 1 aromatic carbocycles. The molecule has 1 amide bonds. The highest BCUT2D eigenvalue weighted by Crippen LogP contribution is 2.30. The summed E-state index contributed by atoms with van der Waals surface area (Å²) in [4.78, 5) is 18.7. The molecule has 1 aromatic heterocycles. The molecule has 0 radical (unpaired) electrons. The molecule has 2 heterocycles. The number of pyridine rings is 1. The van der Waals surface area contributed by atoms with E-state index in [2.05, 4.69) is 17.2 Å². The molecule has 156 valence electrons. The second kappa shape index (κ2) is 9.29. The summed E-state index contributed by atoms with van der Waals surface area (Å²) in [7, 11) is 0. The first-order chi connectivity index (χ1) is 13.9. The van der Waals surface area contributed by atoms with Crippen LogP contribution in [0, 0.1) is 5.92 Å². The van der Waals surface area contributed by atoms with Crippen LogP contribution in [0.4, 0.5) is 19.0 Å². The molecule has 29 heavy (non-hydrogen) atoms. The van der Waals surface area contributed by atoms with Crippen molar-refractivity contribution in [2.45, 2.75) is 44.8 Å². The Labute approximate surface area is 169 Å². The van der Waals surface area contributed by atoms with E-state index in [1.54, 1.807) is 0 Å². The first-order valence-electron chi connectivity index (χ1n) is 10.0. The molecule has 4 nitrogen and oxygen atoms in total. The van der Waals surface area contributed by atoms with Crippen molar-refractivity contribution >= 4 is 11.7 Å². The fourth-order valence-electron chi connectivity index (χ4n) is 3.70. The van der Waals surface area contributed by atoms with Crippen LogP contribution >= 0.6 is 0 Å². The van der Waals surface area contributed by atoms with E-state index in [9.17, 15) is 18.0 Å². The molecule has 0 saturated carbocycles. The molecule has 7 heteroatoms. The quantitative estimate of drug-likeness (QED) is 0.738. The number of amides is 1. The minimum atomic E-state index is -4.38. The summed E-state index contributed by atoms with van der Waals surface area (Å²) in [6, 6.07) is 12.4. The van der Waals surface area contributed by atoms with Gasteiger partial charge in [-0.25, -0.2) is 4.98 Å². The van der Waals surface area contributed by atoms with E-state index in [0.29, 0.717) is 31.7 Å². The lowest BCUT2D eigenvalue weighted by Crippen LogP contribution is -2.41. The van der Waals surface area contributed by atoms with Crippen molar-refractivity contribution < 1.29 is 18.0 Å². The summed E-state index contributed by atoms with van der Waals surface area (Å²) in [5, 5.41) is 3.18. The van der Waals surface area contributed by atoms with Gasteiger partial charge in [0, 0.05) is 25.2 Å². The molecule has 0 aliphatic carbocycles. The number of piperidine rings is 1. The molecule has 0 bridgehead atoms.